The van der Waals surface area contributed by atoms with Crippen molar-refractivity contribution in [3.8, 4) is 5.75 Å². The fraction of sp³-hybridized carbons (Fsp3) is 0.214. The summed E-state index contributed by atoms with van der Waals surface area (Å²) in [6, 6.07) is 23.9. The van der Waals surface area contributed by atoms with Crippen LogP contribution in [0.1, 0.15) is 11.1 Å². The lowest BCUT2D eigenvalue weighted by Gasteiger charge is -2.29. The number of hydrogen-bond acceptors (Lipinski definition) is 4. The molecule has 4 nitrogen and oxygen atoms in total. The van der Waals surface area contributed by atoms with Crippen LogP contribution in [0.3, 0.4) is 0 Å². The standard InChI is InChI=1S/C28H25Cl3N2O2/c29-21-7-5-20(25(30)15-21)18-35-28-10-6-19-3-1-2-4-23(19)24(28)17-32-22-8-9-27(26(31)16-22)33-11-13-34-14-12-33/h1-10,15-16,32H,11-14,17-18H2. The summed E-state index contributed by atoms with van der Waals surface area (Å²) in [5.74, 6) is 0.804. The number of nitrogens with one attached hydrogen (secondary N) is 1. The molecular weight excluding hydrogens is 503 g/mol. The van der Waals surface area contributed by atoms with E-state index in [0.717, 1.165) is 70.3 Å². The van der Waals surface area contributed by atoms with Crippen LogP contribution in [0.5, 0.6) is 5.75 Å². The summed E-state index contributed by atoms with van der Waals surface area (Å²) in [5.41, 5.74) is 3.94. The van der Waals surface area contributed by atoms with Gasteiger partial charge in [0.25, 0.3) is 0 Å². The van der Waals surface area contributed by atoms with Crippen LogP contribution >= 0.6 is 34.8 Å². The fourth-order valence-electron chi connectivity index (χ4n) is 4.30. The molecule has 0 atom stereocenters. The van der Waals surface area contributed by atoms with Crippen molar-refractivity contribution in [1.82, 2.24) is 0 Å². The summed E-state index contributed by atoms with van der Waals surface area (Å²) >= 11 is 19.0. The molecule has 180 valence electrons. The van der Waals surface area contributed by atoms with Gasteiger partial charge in [-0.2, -0.15) is 0 Å². The van der Waals surface area contributed by atoms with Crippen molar-refractivity contribution in [2.45, 2.75) is 13.2 Å². The van der Waals surface area contributed by atoms with Crippen LogP contribution in [0, 0.1) is 0 Å². The first kappa shape index (κ1) is 24.1. The van der Waals surface area contributed by atoms with Gasteiger partial charge in [0.15, 0.2) is 0 Å². The average molecular weight is 528 g/mol. The summed E-state index contributed by atoms with van der Waals surface area (Å²) in [5, 5.41) is 7.74. The van der Waals surface area contributed by atoms with Gasteiger partial charge in [-0.3, -0.25) is 0 Å². The molecule has 0 bridgehead atoms. The van der Waals surface area contributed by atoms with E-state index < -0.39 is 0 Å². The van der Waals surface area contributed by atoms with Crippen LogP contribution in [-0.4, -0.2) is 26.3 Å². The number of halogens is 3. The SMILES string of the molecule is Clc1ccc(COc2ccc3ccccc3c2CNc2ccc(N3CCOCC3)c(Cl)c2)c(Cl)c1. The van der Waals surface area contributed by atoms with E-state index in [1.165, 1.54) is 0 Å². The van der Waals surface area contributed by atoms with Crippen molar-refractivity contribution >= 4 is 57.0 Å². The molecular formula is C28H25Cl3N2O2. The molecule has 0 saturated carbocycles. The van der Waals surface area contributed by atoms with E-state index in [0.29, 0.717) is 23.2 Å². The fourth-order valence-corrected chi connectivity index (χ4v) is 5.06. The van der Waals surface area contributed by atoms with Crippen molar-refractivity contribution in [3.05, 3.63) is 99.0 Å². The second-order valence-electron chi connectivity index (χ2n) is 8.41. The van der Waals surface area contributed by atoms with Gasteiger partial charge >= 0.3 is 0 Å². The number of fused-ring (bicyclic) bond motifs is 1. The Balaban J connectivity index is 1.37. The maximum atomic E-state index is 6.65. The van der Waals surface area contributed by atoms with Gasteiger partial charge in [0.2, 0.25) is 0 Å². The van der Waals surface area contributed by atoms with Gasteiger partial charge in [0.05, 0.1) is 23.9 Å². The van der Waals surface area contributed by atoms with Gasteiger partial charge < -0.3 is 19.7 Å². The predicted molar refractivity (Wildman–Crippen MR) is 147 cm³/mol. The minimum atomic E-state index is 0.349. The van der Waals surface area contributed by atoms with E-state index in [9.17, 15) is 0 Å². The van der Waals surface area contributed by atoms with Gasteiger partial charge in [-0.15, -0.1) is 0 Å². The lowest BCUT2D eigenvalue weighted by Crippen LogP contribution is -2.36. The van der Waals surface area contributed by atoms with Crippen molar-refractivity contribution in [2.24, 2.45) is 0 Å². The predicted octanol–water partition coefficient (Wildman–Crippen LogP) is 7.83. The first-order chi connectivity index (χ1) is 17.1. The van der Waals surface area contributed by atoms with Crippen molar-refractivity contribution in [2.75, 3.05) is 36.5 Å². The van der Waals surface area contributed by atoms with Gasteiger partial charge in [-0.1, -0.05) is 71.2 Å². The molecule has 1 heterocycles. The van der Waals surface area contributed by atoms with Crippen molar-refractivity contribution in [1.29, 1.82) is 0 Å². The van der Waals surface area contributed by atoms with E-state index in [-0.39, 0.29) is 0 Å². The quantitative estimate of drug-likeness (QED) is 0.265. The maximum Gasteiger partial charge on any atom is 0.125 e. The molecule has 1 aliphatic heterocycles. The summed E-state index contributed by atoms with van der Waals surface area (Å²) in [6.45, 7) is 4.07. The van der Waals surface area contributed by atoms with Gasteiger partial charge in [-0.25, -0.2) is 0 Å². The zero-order valence-electron chi connectivity index (χ0n) is 19.1. The van der Waals surface area contributed by atoms with E-state index in [1.54, 1.807) is 6.07 Å². The molecule has 1 N–H and O–H groups in total. The third kappa shape index (κ3) is 5.62. The van der Waals surface area contributed by atoms with Crippen LogP contribution < -0.4 is 15.0 Å². The second kappa shape index (κ2) is 11.0. The Morgan fingerprint density at radius 1 is 0.857 bits per heavy atom. The molecule has 0 unspecified atom stereocenters. The maximum absolute atomic E-state index is 6.65. The molecule has 1 fully saturated rings. The van der Waals surface area contributed by atoms with E-state index in [4.69, 9.17) is 44.3 Å². The minimum Gasteiger partial charge on any atom is -0.488 e. The molecule has 1 saturated heterocycles. The summed E-state index contributed by atoms with van der Waals surface area (Å²) in [6.07, 6.45) is 0. The summed E-state index contributed by atoms with van der Waals surface area (Å²) in [7, 11) is 0. The Hall–Kier alpha value is -2.63. The lowest BCUT2D eigenvalue weighted by molar-refractivity contribution is 0.122. The molecule has 4 aromatic carbocycles. The average Bonchev–Trinajstić information content (AvgIpc) is 2.87. The molecule has 7 heteroatoms. The summed E-state index contributed by atoms with van der Waals surface area (Å²) in [4.78, 5) is 2.26. The normalized spacial score (nSPS) is 13.7. The highest BCUT2D eigenvalue weighted by Crippen LogP contribution is 2.33. The van der Waals surface area contributed by atoms with E-state index in [2.05, 4.69) is 40.5 Å². The number of benzene rings is 4. The third-order valence-corrected chi connectivity index (χ3v) is 7.05. The molecule has 35 heavy (non-hydrogen) atoms. The number of hydrogen-bond donors (Lipinski definition) is 1. The Bertz CT molecular complexity index is 1340. The minimum absolute atomic E-state index is 0.349. The van der Waals surface area contributed by atoms with Gasteiger partial charge in [0.1, 0.15) is 12.4 Å². The van der Waals surface area contributed by atoms with Crippen molar-refractivity contribution < 1.29 is 9.47 Å². The Labute approximate surface area is 220 Å². The molecule has 0 aromatic heterocycles. The van der Waals surface area contributed by atoms with Gasteiger partial charge in [0, 0.05) is 46.5 Å². The van der Waals surface area contributed by atoms with E-state index in [1.807, 2.05) is 36.4 Å². The zero-order chi connectivity index (χ0) is 24.2. The Kier molecular flexibility index (Phi) is 7.54. The summed E-state index contributed by atoms with van der Waals surface area (Å²) < 4.78 is 11.7. The topological polar surface area (TPSA) is 33.7 Å². The monoisotopic (exact) mass is 526 g/mol. The van der Waals surface area contributed by atoms with Crippen LogP contribution in [0.15, 0.2) is 72.8 Å². The molecule has 4 aromatic rings. The first-order valence-electron chi connectivity index (χ1n) is 11.5. The molecule has 0 spiro atoms. The molecule has 0 aliphatic carbocycles. The molecule has 5 rings (SSSR count). The van der Waals surface area contributed by atoms with Crippen molar-refractivity contribution in [3.63, 3.8) is 0 Å². The molecule has 0 amide bonds. The first-order valence-corrected chi connectivity index (χ1v) is 12.7. The van der Waals surface area contributed by atoms with Crippen LogP contribution in [0.2, 0.25) is 15.1 Å². The largest absolute Gasteiger partial charge is 0.488 e. The molecule has 1 aliphatic rings. The van der Waals surface area contributed by atoms with Crippen LogP contribution in [0.4, 0.5) is 11.4 Å². The number of ether oxygens (including phenoxy) is 2. The Morgan fingerprint density at radius 2 is 1.69 bits per heavy atom. The zero-order valence-corrected chi connectivity index (χ0v) is 21.3. The third-order valence-electron chi connectivity index (χ3n) is 6.16. The number of nitrogens with zero attached hydrogens (tertiary/aromatic N) is 1. The molecule has 0 radical (unpaired) electrons. The van der Waals surface area contributed by atoms with Crippen LogP contribution in [0.25, 0.3) is 10.8 Å². The number of morpholine rings is 1. The number of rotatable bonds is 7. The highest BCUT2D eigenvalue weighted by atomic mass is 35.5. The van der Waals surface area contributed by atoms with Crippen LogP contribution in [-0.2, 0) is 17.9 Å². The Morgan fingerprint density at radius 3 is 2.49 bits per heavy atom. The highest BCUT2D eigenvalue weighted by molar-refractivity contribution is 6.35. The van der Waals surface area contributed by atoms with Gasteiger partial charge in [-0.05, 0) is 47.2 Å². The second-order valence-corrected chi connectivity index (χ2v) is 9.66. The lowest BCUT2D eigenvalue weighted by atomic mass is 10.0. The van der Waals surface area contributed by atoms with E-state index >= 15 is 0 Å². The smallest absolute Gasteiger partial charge is 0.125 e. The number of anilines is 2. The highest BCUT2D eigenvalue weighted by Gasteiger charge is 2.15.